The van der Waals surface area contributed by atoms with Crippen LogP contribution in [0.25, 0.3) is 0 Å². The predicted molar refractivity (Wildman–Crippen MR) is 75.8 cm³/mol. The van der Waals surface area contributed by atoms with E-state index in [9.17, 15) is 4.79 Å². The van der Waals surface area contributed by atoms with Crippen molar-refractivity contribution in [3.05, 3.63) is 0 Å². The Bertz CT molecular complexity index is 311. The van der Waals surface area contributed by atoms with Crippen molar-refractivity contribution in [2.24, 2.45) is 17.3 Å². The fraction of sp³-hybridized carbons (Fsp3) is 0.933. The Hall–Kier alpha value is -0.610. The van der Waals surface area contributed by atoms with Gasteiger partial charge in [0.1, 0.15) is 0 Å². The minimum Gasteiger partial charge on any atom is -0.396 e. The highest BCUT2D eigenvalue weighted by Gasteiger charge is 2.42. The first-order valence-electron chi connectivity index (χ1n) is 7.25. The van der Waals surface area contributed by atoms with Crippen LogP contribution in [0.4, 0.5) is 0 Å². The second-order valence-electron chi connectivity index (χ2n) is 6.87. The van der Waals surface area contributed by atoms with E-state index in [1.54, 1.807) is 0 Å². The average Bonchev–Trinajstić information content (AvgIpc) is 2.51. The van der Waals surface area contributed by atoms with Crippen LogP contribution >= 0.6 is 0 Å². The van der Waals surface area contributed by atoms with Crippen LogP contribution in [0.1, 0.15) is 48.0 Å². The standard InChI is InChI=1S/C15H29NO3/c1-9-10(2)19-11(3)13(9)14(18)16-12(7-8-17)15(4,5)6/h9-13,17H,7-8H2,1-6H3,(H,16,18). The molecule has 1 amide bonds. The normalized spacial score (nSPS) is 33.2. The van der Waals surface area contributed by atoms with Gasteiger partial charge in [0.05, 0.1) is 18.1 Å². The first kappa shape index (κ1) is 16.4. The SMILES string of the molecule is CC1OC(C)C(C(=O)NC(CCO)C(C)(C)C)C1C. The molecule has 0 aliphatic carbocycles. The number of rotatable bonds is 4. The number of aliphatic hydroxyl groups excluding tert-OH is 1. The Morgan fingerprint density at radius 2 is 1.84 bits per heavy atom. The molecule has 1 fully saturated rings. The average molecular weight is 271 g/mol. The van der Waals surface area contributed by atoms with Gasteiger partial charge in [0.15, 0.2) is 0 Å². The van der Waals surface area contributed by atoms with E-state index in [4.69, 9.17) is 9.84 Å². The Kier molecular flexibility index (Phi) is 5.39. The molecule has 1 rings (SSSR count). The van der Waals surface area contributed by atoms with Crippen molar-refractivity contribution >= 4 is 5.91 Å². The summed E-state index contributed by atoms with van der Waals surface area (Å²) in [5, 5.41) is 12.3. The molecule has 1 aliphatic rings. The Labute approximate surface area is 116 Å². The lowest BCUT2D eigenvalue weighted by Crippen LogP contribution is -2.48. The summed E-state index contributed by atoms with van der Waals surface area (Å²) in [5.74, 6) is 0.181. The lowest BCUT2D eigenvalue weighted by molar-refractivity contribution is -0.128. The van der Waals surface area contributed by atoms with Gasteiger partial charge in [0.2, 0.25) is 5.91 Å². The summed E-state index contributed by atoms with van der Waals surface area (Å²) in [7, 11) is 0. The molecule has 19 heavy (non-hydrogen) atoms. The summed E-state index contributed by atoms with van der Waals surface area (Å²) in [5.41, 5.74) is -0.0596. The summed E-state index contributed by atoms with van der Waals surface area (Å²) >= 11 is 0. The zero-order valence-electron chi connectivity index (χ0n) is 13.1. The fourth-order valence-electron chi connectivity index (χ4n) is 2.84. The van der Waals surface area contributed by atoms with Crippen LogP contribution in [-0.2, 0) is 9.53 Å². The number of aliphatic hydroxyl groups is 1. The maximum atomic E-state index is 12.5. The summed E-state index contributed by atoms with van der Waals surface area (Å²) in [6.07, 6.45) is 0.664. The van der Waals surface area contributed by atoms with Crippen LogP contribution in [0.15, 0.2) is 0 Å². The van der Waals surface area contributed by atoms with Crippen molar-refractivity contribution < 1.29 is 14.6 Å². The first-order valence-corrected chi connectivity index (χ1v) is 7.25. The maximum absolute atomic E-state index is 12.5. The van der Waals surface area contributed by atoms with E-state index >= 15 is 0 Å². The highest BCUT2D eigenvalue weighted by molar-refractivity contribution is 5.80. The molecule has 5 unspecified atom stereocenters. The molecule has 0 radical (unpaired) electrons. The number of hydrogen-bond donors (Lipinski definition) is 2. The quantitative estimate of drug-likeness (QED) is 0.822. The van der Waals surface area contributed by atoms with E-state index in [2.05, 4.69) is 33.0 Å². The van der Waals surface area contributed by atoms with Crippen molar-refractivity contribution in [2.75, 3.05) is 6.61 Å². The van der Waals surface area contributed by atoms with Gasteiger partial charge in [-0.25, -0.2) is 0 Å². The van der Waals surface area contributed by atoms with Crippen molar-refractivity contribution in [2.45, 2.75) is 66.2 Å². The highest BCUT2D eigenvalue weighted by Crippen LogP contribution is 2.33. The van der Waals surface area contributed by atoms with Crippen LogP contribution < -0.4 is 5.32 Å². The van der Waals surface area contributed by atoms with E-state index in [1.165, 1.54) is 0 Å². The number of carbonyl (C=O) groups is 1. The molecule has 0 saturated carbocycles. The van der Waals surface area contributed by atoms with Gasteiger partial charge in [-0.15, -0.1) is 0 Å². The van der Waals surface area contributed by atoms with Crippen LogP contribution in [0.2, 0.25) is 0 Å². The summed E-state index contributed by atoms with van der Waals surface area (Å²) in [4.78, 5) is 12.5. The lowest BCUT2D eigenvalue weighted by Gasteiger charge is -2.33. The van der Waals surface area contributed by atoms with Gasteiger partial charge in [0.25, 0.3) is 0 Å². The zero-order chi connectivity index (χ0) is 14.8. The number of ether oxygens (including phenoxy) is 1. The summed E-state index contributed by atoms with van der Waals surface area (Å²) in [6.45, 7) is 12.4. The highest BCUT2D eigenvalue weighted by atomic mass is 16.5. The fourth-order valence-corrected chi connectivity index (χ4v) is 2.84. The molecule has 0 spiro atoms. The third-order valence-corrected chi connectivity index (χ3v) is 4.32. The zero-order valence-corrected chi connectivity index (χ0v) is 13.1. The molecule has 0 bridgehead atoms. The largest absolute Gasteiger partial charge is 0.396 e. The smallest absolute Gasteiger partial charge is 0.226 e. The van der Waals surface area contributed by atoms with E-state index in [0.29, 0.717) is 6.42 Å². The monoisotopic (exact) mass is 271 g/mol. The van der Waals surface area contributed by atoms with Crippen molar-refractivity contribution in [3.8, 4) is 0 Å². The molecule has 1 aliphatic heterocycles. The van der Waals surface area contributed by atoms with Crippen LogP contribution in [0.5, 0.6) is 0 Å². The molecule has 1 saturated heterocycles. The Balaban J connectivity index is 2.72. The molecule has 0 aromatic heterocycles. The molecule has 4 nitrogen and oxygen atoms in total. The van der Waals surface area contributed by atoms with Crippen molar-refractivity contribution in [3.63, 3.8) is 0 Å². The molecule has 0 aromatic carbocycles. The van der Waals surface area contributed by atoms with Crippen LogP contribution in [0.3, 0.4) is 0 Å². The van der Waals surface area contributed by atoms with E-state index in [1.807, 2.05) is 13.8 Å². The molecule has 0 aromatic rings. The van der Waals surface area contributed by atoms with Gasteiger partial charge in [0, 0.05) is 12.6 Å². The van der Waals surface area contributed by atoms with Crippen molar-refractivity contribution in [1.82, 2.24) is 5.32 Å². The Morgan fingerprint density at radius 3 is 2.21 bits per heavy atom. The first-order chi connectivity index (χ1) is 8.68. The minimum absolute atomic E-state index is 0.0136. The Morgan fingerprint density at radius 1 is 1.26 bits per heavy atom. The number of hydrogen-bond acceptors (Lipinski definition) is 3. The molecular formula is C15H29NO3. The van der Waals surface area contributed by atoms with E-state index < -0.39 is 0 Å². The topological polar surface area (TPSA) is 58.6 Å². The number of nitrogens with one attached hydrogen (secondary N) is 1. The molecule has 1 heterocycles. The van der Waals surface area contributed by atoms with Gasteiger partial charge in [-0.2, -0.15) is 0 Å². The van der Waals surface area contributed by atoms with Gasteiger partial charge in [-0.3, -0.25) is 4.79 Å². The predicted octanol–water partition coefficient (Wildman–Crippen LogP) is 1.96. The van der Waals surface area contributed by atoms with E-state index in [-0.39, 0.29) is 48.0 Å². The molecule has 2 N–H and O–H groups in total. The van der Waals surface area contributed by atoms with Gasteiger partial charge in [-0.05, 0) is 31.6 Å². The molecule has 5 atom stereocenters. The molecule has 112 valence electrons. The molecule has 4 heteroatoms. The van der Waals surface area contributed by atoms with Crippen molar-refractivity contribution in [1.29, 1.82) is 0 Å². The van der Waals surface area contributed by atoms with Gasteiger partial charge >= 0.3 is 0 Å². The van der Waals surface area contributed by atoms with Crippen LogP contribution in [-0.4, -0.2) is 35.9 Å². The third kappa shape index (κ3) is 3.93. The summed E-state index contributed by atoms with van der Waals surface area (Å²) in [6, 6.07) is -0.0136. The third-order valence-electron chi connectivity index (χ3n) is 4.32. The lowest BCUT2D eigenvalue weighted by atomic mass is 9.83. The van der Waals surface area contributed by atoms with Gasteiger partial charge < -0.3 is 15.2 Å². The number of carbonyl (C=O) groups excluding carboxylic acids is 1. The maximum Gasteiger partial charge on any atom is 0.226 e. The second kappa shape index (κ2) is 6.23. The minimum atomic E-state index is -0.0986. The summed E-state index contributed by atoms with van der Waals surface area (Å²) < 4.78 is 5.72. The van der Waals surface area contributed by atoms with Gasteiger partial charge in [-0.1, -0.05) is 27.7 Å². The molecular weight excluding hydrogens is 242 g/mol. The second-order valence-corrected chi connectivity index (χ2v) is 6.87. The number of amides is 1. The van der Waals surface area contributed by atoms with E-state index in [0.717, 1.165) is 0 Å². The van der Waals surface area contributed by atoms with Crippen LogP contribution in [0, 0.1) is 17.3 Å².